The van der Waals surface area contributed by atoms with Crippen molar-refractivity contribution >= 4 is 23.8 Å². The SMILES string of the molecule is Nc1nc(N)nc(COc2ccc(OCc3nc(N)nc(N)n3)cc2)n1. The second kappa shape index (κ2) is 7.29. The molecule has 134 valence electrons. The Balaban J connectivity index is 1.56. The molecule has 0 saturated carbocycles. The van der Waals surface area contributed by atoms with Crippen LogP contribution in [0.5, 0.6) is 11.5 Å². The quantitative estimate of drug-likeness (QED) is 0.443. The molecule has 0 saturated heterocycles. The van der Waals surface area contributed by atoms with Crippen molar-refractivity contribution in [1.82, 2.24) is 29.9 Å². The fraction of sp³-hybridized carbons (Fsp3) is 0.143. The van der Waals surface area contributed by atoms with Crippen molar-refractivity contribution in [2.45, 2.75) is 13.2 Å². The van der Waals surface area contributed by atoms with Crippen LogP contribution in [-0.2, 0) is 13.2 Å². The summed E-state index contributed by atoms with van der Waals surface area (Å²) in [4.78, 5) is 23.1. The molecule has 3 aromatic rings. The number of nitrogens with two attached hydrogens (primary N) is 4. The molecule has 0 radical (unpaired) electrons. The van der Waals surface area contributed by atoms with Crippen molar-refractivity contribution in [2.75, 3.05) is 22.9 Å². The van der Waals surface area contributed by atoms with Gasteiger partial charge in [0.2, 0.25) is 23.8 Å². The van der Waals surface area contributed by atoms with Crippen LogP contribution in [0, 0.1) is 0 Å². The van der Waals surface area contributed by atoms with E-state index in [1.54, 1.807) is 24.3 Å². The van der Waals surface area contributed by atoms with Crippen LogP contribution in [0.1, 0.15) is 11.6 Å². The fourth-order valence-electron chi connectivity index (χ4n) is 1.97. The van der Waals surface area contributed by atoms with Gasteiger partial charge in [0, 0.05) is 0 Å². The standard InChI is InChI=1S/C14H16N10O2/c15-11-19-9(20-12(16)23-11)5-25-7-1-2-8(4-3-7)26-6-10-21-13(17)24-14(18)22-10/h1-4H,5-6H2,(H4,15,16,19,20,23)(H4,17,18,21,22,24). The Kier molecular flexibility index (Phi) is 4.74. The molecular formula is C14H16N10O2. The summed E-state index contributed by atoms with van der Waals surface area (Å²) in [6.07, 6.45) is 0. The van der Waals surface area contributed by atoms with Crippen LogP contribution in [0.2, 0.25) is 0 Å². The Hall–Kier alpha value is -3.96. The first kappa shape index (κ1) is 16.9. The molecule has 2 aromatic heterocycles. The zero-order chi connectivity index (χ0) is 18.5. The van der Waals surface area contributed by atoms with Gasteiger partial charge in [-0.2, -0.15) is 29.9 Å². The van der Waals surface area contributed by atoms with Gasteiger partial charge >= 0.3 is 0 Å². The topological polar surface area (TPSA) is 200 Å². The van der Waals surface area contributed by atoms with Crippen LogP contribution < -0.4 is 32.4 Å². The Labute approximate surface area is 147 Å². The van der Waals surface area contributed by atoms with Crippen molar-refractivity contribution in [3.63, 3.8) is 0 Å². The third-order valence-corrected chi connectivity index (χ3v) is 2.99. The van der Waals surface area contributed by atoms with Crippen LogP contribution >= 0.6 is 0 Å². The van der Waals surface area contributed by atoms with Crippen molar-refractivity contribution in [1.29, 1.82) is 0 Å². The summed E-state index contributed by atoms with van der Waals surface area (Å²) in [5.74, 6) is 2.01. The maximum absolute atomic E-state index is 5.57. The molecule has 1 aromatic carbocycles. The summed E-state index contributed by atoms with van der Waals surface area (Å²) in [5, 5.41) is 0. The molecule has 2 heterocycles. The molecule has 0 aliphatic heterocycles. The van der Waals surface area contributed by atoms with Crippen molar-refractivity contribution in [2.24, 2.45) is 0 Å². The number of aromatic nitrogens is 6. The van der Waals surface area contributed by atoms with Crippen LogP contribution in [0.3, 0.4) is 0 Å². The number of hydrogen-bond acceptors (Lipinski definition) is 12. The van der Waals surface area contributed by atoms with Gasteiger partial charge in [-0.05, 0) is 24.3 Å². The highest BCUT2D eigenvalue weighted by Crippen LogP contribution is 2.19. The predicted molar refractivity (Wildman–Crippen MR) is 92.4 cm³/mol. The first-order chi connectivity index (χ1) is 12.5. The van der Waals surface area contributed by atoms with E-state index in [2.05, 4.69) is 29.9 Å². The summed E-state index contributed by atoms with van der Waals surface area (Å²) in [6.45, 7) is 0.196. The molecule has 0 unspecified atom stereocenters. The third kappa shape index (κ3) is 4.53. The zero-order valence-corrected chi connectivity index (χ0v) is 13.5. The summed E-state index contributed by atoms with van der Waals surface area (Å²) < 4.78 is 11.1. The zero-order valence-electron chi connectivity index (χ0n) is 13.5. The average Bonchev–Trinajstić information content (AvgIpc) is 2.57. The van der Waals surface area contributed by atoms with E-state index in [0.717, 1.165) is 0 Å². The number of ether oxygens (including phenoxy) is 2. The smallest absolute Gasteiger partial charge is 0.225 e. The van der Waals surface area contributed by atoms with Crippen molar-refractivity contribution in [3.05, 3.63) is 35.9 Å². The molecule has 0 atom stereocenters. The largest absolute Gasteiger partial charge is 0.486 e. The van der Waals surface area contributed by atoms with Crippen molar-refractivity contribution in [3.8, 4) is 11.5 Å². The molecule has 0 amide bonds. The van der Waals surface area contributed by atoms with Gasteiger partial charge in [0.25, 0.3) is 0 Å². The van der Waals surface area contributed by atoms with Gasteiger partial charge < -0.3 is 32.4 Å². The highest BCUT2D eigenvalue weighted by Gasteiger charge is 2.05. The molecule has 0 aliphatic carbocycles. The highest BCUT2D eigenvalue weighted by atomic mass is 16.5. The van der Waals surface area contributed by atoms with Crippen LogP contribution in [0.25, 0.3) is 0 Å². The molecule has 3 rings (SSSR count). The highest BCUT2D eigenvalue weighted by molar-refractivity contribution is 5.32. The molecule has 0 spiro atoms. The Morgan fingerprint density at radius 3 is 1.15 bits per heavy atom. The maximum atomic E-state index is 5.57. The second-order valence-electron chi connectivity index (χ2n) is 4.98. The predicted octanol–water partition coefficient (Wildman–Crippen LogP) is -0.457. The van der Waals surface area contributed by atoms with E-state index in [1.807, 2.05) is 0 Å². The van der Waals surface area contributed by atoms with E-state index in [4.69, 9.17) is 32.4 Å². The summed E-state index contributed by atoms with van der Waals surface area (Å²) >= 11 is 0. The third-order valence-electron chi connectivity index (χ3n) is 2.99. The number of benzene rings is 1. The lowest BCUT2D eigenvalue weighted by Crippen LogP contribution is -2.09. The Morgan fingerprint density at radius 1 is 0.538 bits per heavy atom. The lowest BCUT2D eigenvalue weighted by atomic mass is 10.3. The number of anilines is 4. The molecule has 12 heteroatoms. The number of hydrogen-bond donors (Lipinski definition) is 4. The Morgan fingerprint density at radius 2 is 0.846 bits per heavy atom. The van der Waals surface area contributed by atoms with Gasteiger partial charge in [0.1, 0.15) is 24.7 Å². The number of nitrogens with zero attached hydrogens (tertiary/aromatic N) is 6. The second-order valence-corrected chi connectivity index (χ2v) is 4.98. The number of rotatable bonds is 6. The summed E-state index contributed by atoms with van der Waals surface area (Å²) in [5.41, 5.74) is 22.0. The first-order valence-corrected chi connectivity index (χ1v) is 7.35. The van der Waals surface area contributed by atoms with E-state index < -0.39 is 0 Å². The molecule has 0 bridgehead atoms. The van der Waals surface area contributed by atoms with Gasteiger partial charge in [0.05, 0.1) is 0 Å². The molecule has 0 fully saturated rings. The fourth-order valence-corrected chi connectivity index (χ4v) is 1.97. The normalized spacial score (nSPS) is 10.5. The first-order valence-electron chi connectivity index (χ1n) is 7.35. The van der Waals surface area contributed by atoms with Crippen molar-refractivity contribution < 1.29 is 9.47 Å². The summed E-state index contributed by atoms with van der Waals surface area (Å²) in [6, 6.07) is 6.89. The van der Waals surface area contributed by atoms with Gasteiger partial charge in [-0.25, -0.2) is 0 Å². The average molecular weight is 356 g/mol. The minimum Gasteiger partial charge on any atom is -0.486 e. The van der Waals surface area contributed by atoms with E-state index in [-0.39, 0.29) is 37.0 Å². The maximum Gasteiger partial charge on any atom is 0.225 e. The lowest BCUT2D eigenvalue weighted by molar-refractivity contribution is 0.287. The molecule has 26 heavy (non-hydrogen) atoms. The molecule has 12 nitrogen and oxygen atoms in total. The molecule has 0 aliphatic rings. The van der Waals surface area contributed by atoms with Gasteiger partial charge in [0.15, 0.2) is 11.6 Å². The lowest BCUT2D eigenvalue weighted by Gasteiger charge is -2.08. The number of nitrogen functional groups attached to an aromatic ring is 4. The minimum atomic E-state index is 0.0412. The van der Waals surface area contributed by atoms with E-state index in [9.17, 15) is 0 Å². The molecular weight excluding hydrogens is 340 g/mol. The molecule has 8 N–H and O–H groups in total. The van der Waals surface area contributed by atoms with Crippen LogP contribution in [0.4, 0.5) is 23.8 Å². The van der Waals surface area contributed by atoms with Crippen LogP contribution in [-0.4, -0.2) is 29.9 Å². The Bertz CT molecular complexity index is 788. The van der Waals surface area contributed by atoms with Gasteiger partial charge in [-0.3, -0.25) is 0 Å². The van der Waals surface area contributed by atoms with E-state index >= 15 is 0 Å². The van der Waals surface area contributed by atoms with E-state index in [0.29, 0.717) is 23.1 Å². The van der Waals surface area contributed by atoms with Gasteiger partial charge in [-0.1, -0.05) is 0 Å². The minimum absolute atomic E-state index is 0.0412. The van der Waals surface area contributed by atoms with E-state index in [1.165, 1.54) is 0 Å². The monoisotopic (exact) mass is 356 g/mol. The summed E-state index contributed by atoms with van der Waals surface area (Å²) in [7, 11) is 0. The van der Waals surface area contributed by atoms with Gasteiger partial charge in [-0.15, -0.1) is 0 Å². The van der Waals surface area contributed by atoms with Crippen LogP contribution in [0.15, 0.2) is 24.3 Å².